The number of hydrogen-bond acceptors (Lipinski definition) is 2. The monoisotopic (exact) mass is 326 g/mol. The van der Waals surface area contributed by atoms with Gasteiger partial charge in [0.05, 0.1) is 12.5 Å². The highest BCUT2D eigenvalue weighted by Crippen LogP contribution is 2.44. The maximum atomic E-state index is 12.4. The highest BCUT2D eigenvalue weighted by molar-refractivity contribution is 5.74. The van der Waals surface area contributed by atoms with Gasteiger partial charge in [-0.2, -0.15) is 0 Å². The summed E-state index contributed by atoms with van der Waals surface area (Å²) >= 11 is 0. The quantitative estimate of drug-likeness (QED) is 0.475. The zero-order valence-electron chi connectivity index (χ0n) is 15.0. The van der Waals surface area contributed by atoms with E-state index in [1.54, 1.807) is 0 Å². The van der Waals surface area contributed by atoms with Crippen molar-refractivity contribution < 1.29 is 9.53 Å². The van der Waals surface area contributed by atoms with Gasteiger partial charge >= 0.3 is 5.97 Å². The Hall–Kier alpha value is -1.57. The van der Waals surface area contributed by atoms with Crippen molar-refractivity contribution in [3.05, 3.63) is 48.0 Å². The molecule has 2 nitrogen and oxygen atoms in total. The SMILES string of the molecule is CCC(C)CC(CCOC(=O)[C@@H]1CC2C=CC1C2)c1ccccc1. The van der Waals surface area contributed by atoms with Crippen LogP contribution >= 0.6 is 0 Å². The van der Waals surface area contributed by atoms with Crippen molar-refractivity contribution in [2.45, 2.75) is 51.9 Å². The fourth-order valence-corrected chi connectivity index (χ4v) is 4.26. The van der Waals surface area contributed by atoms with E-state index in [0.29, 0.717) is 30.3 Å². The van der Waals surface area contributed by atoms with E-state index in [-0.39, 0.29) is 11.9 Å². The van der Waals surface area contributed by atoms with Crippen molar-refractivity contribution >= 4 is 5.97 Å². The number of carbonyl (C=O) groups is 1. The molecule has 2 aliphatic rings. The van der Waals surface area contributed by atoms with Crippen LogP contribution in [0.25, 0.3) is 0 Å². The molecule has 24 heavy (non-hydrogen) atoms. The first kappa shape index (κ1) is 17.3. The Kier molecular flexibility index (Phi) is 5.76. The van der Waals surface area contributed by atoms with Gasteiger partial charge in [-0.15, -0.1) is 0 Å². The largest absolute Gasteiger partial charge is 0.465 e. The summed E-state index contributed by atoms with van der Waals surface area (Å²) in [4.78, 5) is 12.4. The van der Waals surface area contributed by atoms with Crippen LogP contribution in [0.2, 0.25) is 0 Å². The zero-order chi connectivity index (χ0) is 16.9. The van der Waals surface area contributed by atoms with Gasteiger partial charge in [-0.3, -0.25) is 4.79 Å². The molecule has 1 fully saturated rings. The predicted octanol–water partition coefficient (Wildman–Crippen LogP) is 5.35. The molecule has 1 saturated carbocycles. The van der Waals surface area contributed by atoms with Gasteiger partial charge in [0.1, 0.15) is 0 Å². The number of allylic oxidation sites excluding steroid dienone is 2. The Balaban J connectivity index is 1.51. The second-order valence-corrected chi connectivity index (χ2v) is 7.70. The molecular formula is C22H30O2. The first-order valence-corrected chi connectivity index (χ1v) is 9.57. The minimum absolute atomic E-state index is 0.0298. The lowest BCUT2D eigenvalue weighted by Crippen LogP contribution is -2.22. The fraction of sp³-hybridized carbons (Fsp3) is 0.591. The Morgan fingerprint density at radius 2 is 2.00 bits per heavy atom. The van der Waals surface area contributed by atoms with Crippen LogP contribution in [0.3, 0.4) is 0 Å². The molecule has 3 rings (SSSR count). The molecule has 0 aromatic heterocycles. The second kappa shape index (κ2) is 8.00. The lowest BCUT2D eigenvalue weighted by atomic mass is 9.86. The van der Waals surface area contributed by atoms with E-state index < -0.39 is 0 Å². The van der Waals surface area contributed by atoms with Gasteiger partial charge in [-0.1, -0.05) is 62.8 Å². The molecular weight excluding hydrogens is 296 g/mol. The fourth-order valence-electron chi connectivity index (χ4n) is 4.26. The average molecular weight is 326 g/mol. The summed E-state index contributed by atoms with van der Waals surface area (Å²) in [5.41, 5.74) is 1.37. The molecule has 0 aliphatic heterocycles. The zero-order valence-corrected chi connectivity index (χ0v) is 15.0. The normalized spacial score (nSPS) is 27.2. The molecule has 0 N–H and O–H groups in total. The van der Waals surface area contributed by atoms with Crippen LogP contribution in [0, 0.1) is 23.7 Å². The Labute approximate surface area is 146 Å². The molecule has 0 saturated heterocycles. The van der Waals surface area contributed by atoms with Gasteiger partial charge < -0.3 is 4.74 Å². The van der Waals surface area contributed by atoms with Crippen LogP contribution in [0.1, 0.15) is 57.4 Å². The smallest absolute Gasteiger partial charge is 0.309 e. The summed E-state index contributed by atoms with van der Waals surface area (Å²) in [6.45, 7) is 5.10. The lowest BCUT2D eigenvalue weighted by molar-refractivity contribution is -0.149. The highest BCUT2D eigenvalue weighted by Gasteiger charge is 2.40. The number of rotatable bonds is 8. The van der Waals surface area contributed by atoms with Gasteiger partial charge in [-0.05, 0) is 54.9 Å². The van der Waals surface area contributed by atoms with E-state index in [9.17, 15) is 4.79 Å². The van der Waals surface area contributed by atoms with Crippen molar-refractivity contribution in [2.75, 3.05) is 6.61 Å². The standard InChI is InChI=1S/C22H30O2/c1-3-16(2)13-19(18-7-5-4-6-8-18)11-12-24-22(23)21-15-17-9-10-20(21)14-17/h4-10,16-17,19-21H,3,11-15H2,1-2H3/t16?,17?,19?,20?,21-/m1/s1. The van der Waals surface area contributed by atoms with Crippen molar-refractivity contribution in [1.29, 1.82) is 0 Å². The maximum Gasteiger partial charge on any atom is 0.309 e. The molecule has 0 spiro atoms. The maximum absolute atomic E-state index is 12.4. The van der Waals surface area contributed by atoms with Crippen molar-refractivity contribution in [2.24, 2.45) is 23.7 Å². The molecule has 5 atom stereocenters. The van der Waals surface area contributed by atoms with Crippen LogP contribution in [0.5, 0.6) is 0 Å². The third-order valence-electron chi connectivity index (χ3n) is 5.95. The average Bonchev–Trinajstić information content (AvgIpc) is 3.24. The van der Waals surface area contributed by atoms with Crippen LogP contribution in [0.15, 0.2) is 42.5 Å². The molecule has 1 aromatic rings. The van der Waals surface area contributed by atoms with Crippen LogP contribution < -0.4 is 0 Å². The minimum Gasteiger partial charge on any atom is -0.465 e. The summed E-state index contributed by atoms with van der Waals surface area (Å²) < 4.78 is 5.67. The molecule has 130 valence electrons. The highest BCUT2D eigenvalue weighted by atomic mass is 16.5. The van der Waals surface area contributed by atoms with Gasteiger partial charge in [0, 0.05) is 0 Å². The molecule has 4 unspecified atom stereocenters. The number of benzene rings is 1. The second-order valence-electron chi connectivity index (χ2n) is 7.70. The summed E-state index contributed by atoms with van der Waals surface area (Å²) in [5, 5.41) is 0. The number of carbonyl (C=O) groups excluding carboxylic acids is 1. The Bertz CT molecular complexity index is 563. The molecule has 2 heteroatoms. The van der Waals surface area contributed by atoms with E-state index in [1.165, 1.54) is 12.0 Å². The Morgan fingerprint density at radius 1 is 1.21 bits per heavy atom. The summed E-state index contributed by atoms with van der Waals surface area (Å²) in [5.74, 6) is 2.38. The van der Waals surface area contributed by atoms with Gasteiger partial charge in [0.2, 0.25) is 0 Å². The molecule has 1 aromatic carbocycles. The minimum atomic E-state index is 0.0298. The number of fused-ring (bicyclic) bond motifs is 2. The topological polar surface area (TPSA) is 26.3 Å². The van der Waals surface area contributed by atoms with Gasteiger partial charge in [-0.25, -0.2) is 0 Å². The van der Waals surface area contributed by atoms with Gasteiger partial charge in [0.15, 0.2) is 0 Å². The van der Waals surface area contributed by atoms with Crippen LogP contribution in [-0.2, 0) is 9.53 Å². The van der Waals surface area contributed by atoms with Crippen LogP contribution in [-0.4, -0.2) is 12.6 Å². The molecule has 0 amide bonds. The third-order valence-corrected chi connectivity index (χ3v) is 5.95. The Morgan fingerprint density at radius 3 is 2.62 bits per heavy atom. The predicted molar refractivity (Wildman–Crippen MR) is 97.7 cm³/mol. The first-order chi connectivity index (χ1) is 11.7. The number of esters is 1. The summed E-state index contributed by atoms with van der Waals surface area (Å²) in [7, 11) is 0. The third kappa shape index (κ3) is 4.09. The summed E-state index contributed by atoms with van der Waals surface area (Å²) in [6.07, 6.45) is 9.92. The van der Waals surface area contributed by atoms with Crippen molar-refractivity contribution in [3.8, 4) is 0 Å². The molecule has 0 radical (unpaired) electrons. The number of ether oxygens (including phenoxy) is 1. The number of hydrogen-bond donors (Lipinski definition) is 0. The molecule has 2 aliphatic carbocycles. The molecule has 0 heterocycles. The first-order valence-electron chi connectivity index (χ1n) is 9.57. The van der Waals surface area contributed by atoms with Crippen LogP contribution in [0.4, 0.5) is 0 Å². The van der Waals surface area contributed by atoms with E-state index in [0.717, 1.165) is 25.7 Å². The van der Waals surface area contributed by atoms with Crippen molar-refractivity contribution in [3.63, 3.8) is 0 Å². The van der Waals surface area contributed by atoms with E-state index in [2.05, 4.69) is 56.3 Å². The van der Waals surface area contributed by atoms with E-state index in [4.69, 9.17) is 4.74 Å². The summed E-state index contributed by atoms with van der Waals surface area (Å²) in [6, 6.07) is 10.7. The van der Waals surface area contributed by atoms with Crippen molar-refractivity contribution in [1.82, 2.24) is 0 Å². The molecule has 2 bridgehead atoms. The van der Waals surface area contributed by atoms with Gasteiger partial charge in [0.25, 0.3) is 0 Å². The van der Waals surface area contributed by atoms with E-state index in [1.807, 2.05) is 0 Å². The lowest BCUT2D eigenvalue weighted by Gasteiger charge is -2.22. The van der Waals surface area contributed by atoms with E-state index >= 15 is 0 Å².